The molecular formula is C14H20N2O3. The van der Waals surface area contributed by atoms with Gasteiger partial charge in [-0.2, -0.15) is 0 Å². The van der Waals surface area contributed by atoms with Crippen molar-refractivity contribution in [3.8, 4) is 0 Å². The van der Waals surface area contributed by atoms with Gasteiger partial charge in [0, 0.05) is 26.4 Å². The Hall–Kier alpha value is -1.62. The van der Waals surface area contributed by atoms with Crippen LogP contribution in [0.1, 0.15) is 35.7 Å². The maximum atomic E-state index is 10.9. The highest BCUT2D eigenvalue weighted by Gasteiger charge is 2.31. The van der Waals surface area contributed by atoms with E-state index in [1.54, 1.807) is 13.2 Å². The van der Waals surface area contributed by atoms with Gasteiger partial charge in [-0.3, -0.25) is 0 Å². The quantitative estimate of drug-likeness (QED) is 0.905. The molecule has 1 aliphatic heterocycles. The molecule has 19 heavy (non-hydrogen) atoms. The summed E-state index contributed by atoms with van der Waals surface area (Å²) in [6, 6.07) is 1.67. The molecule has 1 aliphatic rings. The fourth-order valence-electron chi connectivity index (χ4n) is 2.57. The van der Waals surface area contributed by atoms with Gasteiger partial charge >= 0.3 is 5.97 Å². The third-order valence-corrected chi connectivity index (χ3v) is 3.75. The molecule has 0 aliphatic carbocycles. The Morgan fingerprint density at radius 3 is 2.89 bits per heavy atom. The molecule has 0 spiro atoms. The summed E-state index contributed by atoms with van der Waals surface area (Å²) in [6.45, 7) is 5.70. The molecule has 104 valence electrons. The average Bonchev–Trinajstić information content (AvgIpc) is 2.38. The number of carboxylic acid groups (broad SMARTS) is 1. The number of aryl methyl sites for hydroxylation is 1. The number of aromatic carboxylic acids is 1. The van der Waals surface area contributed by atoms with E-state index in [2.05, 4.69) is 16.8 Å². The van der Waals surface area contributed by atoms with Crippen LogP contribution in [0.4, 0.5) is 5.82 Å². The lowest BCUT2D eigenvalue weighted by Crippen LogP contribution is -2.48. The second-order valence-electron chi connectivity index (χ2n) is 5.35. The Bertz CT molecular complexity index is 490. The zero-order valence-corrected chi connectivity index (χ0v) is 11.6. The maximum Gasteiger partial charge on any atom is 0.337 e. The van der Waals surface area contributed by atoms with Crippen LogP contribution in [-0.2, 0) is 4.74 Å². The maximum absolute atomic E-state index is 10.9. The van der Waals surface area contributed by atoms with Gasteiger partial charge < -0.3 is 14.7 Å². The van der Waals surface area contributed by atoms with Gasteiger partial charge in [0.1, 0.15) is 5.82 Å². The van der Waals surface area contributed by atoms with Gasteiger partial charge in [0.05, 0.1) is 11.2 Å². The Kier molecular flexibility index (Phi) is 3.75. The standard InChI is InChI=1S/C14H20N2O3/c1-10-7-11(13(17)18)8-15-12(10)16-6-4-5-14(2,9-16)19-3/h7-8H,4-6,9H2,1-3H3,(H,17,18). The number of nitrogens with zero attached hydrogens (tertiary/aromatic N) is 2. The van der Waals surface area contributed by atoms with Crippen molar-refractivity contribution < 1.29 is 14.6 Å². The predicted octanol–water partition coefficient (Wildman–Crippen LogP) is 2.09. The van der Waals surface area contributed by atoms with Gasteiger partial charge in [0.25, 0.3) is 0 Å². The lowest BCUT2D eigenvalue weighted by atomic mass is 9.94. The first-order valence-corrected chi connectivity index (χ1v) is 6.45. The minimum absolute atomic E-state index is 0.155. The van der Waals surface area contributed by atoms with Gasteiger partial charge in [-0.1, -0.05) is 0 Å². The fourth-order valence-corrected chi connectivity index (χ4v) is 2.57. The molecule has 0 bridgehead atoms. The molecule has 1 aromatic rings. The van der Waals surface area contributed by atoms with Crippen LogP contribution >= 0.6 is 0 Å². The lowest BCUT2D eigenvalue weighted by molar-refractivity contribution is -0.00484. The summed E-state index contributed by atoms with van der Waals surface area (Å²) < 4.78 is 5.57. The van der Waals surface area contributed by atoms with Crippen LogP contribution in [0, 0.1) is 6.92 Å². The van der Waals surface area contributed by atoms with Crippen LogP contribution in [0.2, 0.25) is 0 Å². The second-order valence-corrected chi connectivity index (χ2v) is 5.35. The number of rotatable bonds is 3. The van der Waals surface area contributed by atoms with E-state index in [-0.39, 0.29) is 11.2 Å². The molecular weight excluding hydrogens is 244 g/mol. The first kappa shape index (κ1) is 13.8. The van der Waals surface area contributed by atoms with E-state index >= 15 is 0 Å². The molecule has 1 unspecified atom stereocenters. The Labute approximate surface area is 113 Å². The number of hydrogen-bond donors (Lipinski definition) is 1. The number of methoxy groups -OCH3 is 1. The van der Waals surface area contributed by atoms with Crippen molar-refractivity contribution in [2.45, 2.75) is 32.3 Å². The van der Waals surface area contributed by atoms with Gasteiger partial charge in [-0.25, -0.2) is 9.78 Å². The third kappa shape index (κ3) is 2.87. The molecule has 1 fully saturated rings. The number of piperidine rings is 1. The average molecular weight is 264 g/mol. The van der Waals surface area contributed by atoms with Gasteiger partial charge in [-0.05, 0) is 38.3 Å². The third-order valence-electron chi connectivity index (χ3n) is 3.75. The van der Waals surface area contributed by atoms with Crippen LogP contribution in [0.15, 0.2) is 12.3 Å². The summed E-state index contributed by atoms with van der Waals surface area (Å²) in [4.78, 5) is 17.4. The van der Waals surface area contributed by atoms with Crippen molar-refractivity contribution in [3.05, 3.63) is 23.4 Å². The molecule has 5 heteroatoms. The fraction of sp³-hybridized carbons (Fsp3) is 0.571. The molecule has 0 radical (unpaired) electrons. The first-order chi connectivity index (χ1) is 8.95. The normalized spacial score (nSPS) is 23.4. The number of aromatic nitrogens is 1. The number of hydrogen-bond acceptors (Lipinski definition) is 4. The molecule has 1 N–H and O–H groups in total. The monoisotopic (exact) mass is 264 g/mol. The molecule has 1 saturated heterocycles. The number of carbonyl (C=O) groups is 1. The number of carboxylic acids is 1. The van der Waals surface area contributed by atoms with Gasteiger partial charge in [0.2, 0.25) is 0 Å². The van der Waals surface area contributed by atoms with E-state index in [9.17, 15) is 4.79 Å². The predicted molar refractivity (Wildman–Crippen MR) is 72.8 cm³/mol. The molecule has 0 saturated carbocycles. The van der Waals surface area contributed by atoms with E-state index in [1.165, 1.54) is 6.20 Å². The summed E-state index contributed by atoms with van der Waals surface area (Å²) in [5.74, 6) is -0.0875. The molecule has 2 heterocycles. The van der Waals surface area contributed by atoms with Gasteiger partial charge in [0.15, 0.2) is 0 Å². The van der Waals surface area contributed by atoms with Crippen molar-refractivity contribution in [1.82, 2.24) is 4.98 Å². The molecule has 5 nitrogen and oxygen atoms in total. The molecule has 0 aromatic carbocycles. The number of anilines is 1. The second kappa shape index (κ2) is 5.17. The minimum Gasteiger partial charge on any atom is -0.478 e. The van der Waals surface area contributed by atoms with Crippen molar-refractivity contribution >= 4 is 11.8 Å². The summed E-state index contributed by atoms with van der Waals surface area (Å²) in [5, 5.41) is 8.96. The highest BCUT2D eigenvalue weighted by molar-refractivity contribution is 5.87. The summed E-state index contributed by atoms with van der Waals surface area (Å²) in [5.41, 5.74) is 0.964. The van der Waals surface area contributed by atoms with Crippen molar-refractivity contribution in [2.24, 2.45) is 0 Å². The molecule has 2 rings (SSSR count). The van der Waals surface area contributed by atoms with E-state index in [1.807, 2.05) is 6.92 Å². The van der Waals surface area contributed by atoms with E-state index in [0.717, 1.165) is 37.3 Å². The van der Waals surface area contributed by atoms with E-state index in [0.29, 0.717) is 0 Å². The van der Waals surface area contributed by atoms with Crippen molar-refractivity contribution in [1.29, 1.82) is 0 Å². The summed E-state index contributed by atoms with van der Waals surface area (Å²) >= 11 is 0. The van der Waals surface area contributed by atoms with Crippen molar-refractivity contribution in [3.63, 3.8) is 0 Å². The Morgan fingerprint density at radius 2 is 2.32 bits per heavy atom. The van der Waals surface area contributed by atoms with Crippen molar-refractivity contribution in [2.75, 3.05) is 25.1 Å². The van der Waals surface area contributed by atoms with Crippen LogP contribution in [0.3, 0.4) is 0 Å². The topological polar surface area (TPSA) is 62.7 Å². The summed E-state index contributed by atoms with van der Waals surface area (Å²) in [7, 11) is 1.73. The van der Waals surface area contributed by atoms with Crippen LogP contribution < -0.4 is 4.90 Å². The Balaban J connectivity index is 2.24. The Morgan fingerprint density at radius 1 is 1.58 bits per heavy atom. The van der Waals surface area contributed by atoms with E-state index in [4.69, 9.17) is 9.84 Å². The highest BCUT2D eigenvalue weighted by Crippen LogP contribution is 2.28. The first-order valence-electron chi connectivity index (χ1n) is 6.45. The number of pyridine rings is 1. The molecule has 1 aromatic heterocycles. The SMILES string of the molecule is COC1(C)CCCN(c2ncc(C(=O)O)cc2C)C1. The van der Waals surface area contributed by atoms with Crippen LogP contribution in [0.5, 0.6) is 0 Å². The van der Waals surface area contributed by atoms with E-state index < -0.39 is 5.97 Å². The van der Waals surface area contributed by atoms with Gasteiger partial charge in [-0.15, -0.1) is 0 Å². The van der Waals surface area contributed by atoms with Crippen LogP contribution in [0.25, 0.3) is 0 Å². The highest BCUT2D eigenvalue weighted by atomic mass is 16.5. The smallest absolute Gasteiger partial charge is 0.337 e. The van der Waals surface area contributed by atoms with Crippen LogP contribution in [-0.4, -0.2) is 41.9 Å². The zero-order valence-electron chi connectivity index (χ0n) is 11.6. The molecule has 1 atom stereocenters. The minimum atomic E-state index is -0.942. The lowest BCUT2D eigenvalue weighted by Gasteiger charge is -2.40. The zero-order chi connectivity index (χ0) is 14.0. The number of ether oxygens (including phenoxy) is 1. The largest absolute Gasteiger partial charge is 0.478 e. The summed E-state index contributed by atoms with van der Waals surface area (Å²) in [6.07, 6.45) is 3.50. The molecule has 0 amide bonds.